The molecule has 1 unspecified atom stereocenters. The van der Waals surface area contributed by atoms with E-state index in [4.69, 9.17) is 0 Å². The number of aliphatic hydroxyl groups excluding tert-OH is 1. The zero-order valence-electron chi connectivity index (χ0n) is 9.01. The quantitative estimate of drug-likeness (QED) is 0.747. The van der Waals surface area contributed by atoms with E-state index in [1.54, 1.807) is 13.1 Å². The standard InChI is InChI=1S/C13H12N2O/c1-8(16)12-13-10(6-7-14-12)9-4-2-3-5-11(9)15-13/h2-3,5-8,16H,4H2,1H3. The van der Waals surface area contributed by atoms with Gasteiger partial charge in [-0.3, -0.25) is 4.98 Å². The first-order valence-corrected chi connectivity index (χ1v) is 5.39. The maximum Gasteiger partial charge on any atom is 0.0955 e. The Morgan fingerprint density at radius 1 is 1.44 bits per heavy atom. The van der Waals surface area contributed by atoms with Gasteiger partial charge in [-0.15, -0.1) is 0 Å². The van der Waals surface area contributed by atoms with Crippen LogP contribution in [-0.4, -0.2) is 10.1 Å². The van der Waals surface area contributed by atoms with Gasteiger partial charge in [0.05, 0.1) is 22.9 Å². The van der Waals surface area contributed by atoms with Crippen LogP contribution in [0.3, 0.4) is 0 Å². The van der Waals surface area contributed by atoms with E-state index in [1.807, 2.05) is 18.2 Å². The van der Waals surface area contributed by atoms with E-state index in [2.05, 4.69) is 16.1 Å². The maximum absolute atomic E-state index is 9.65. The highest BCUT2D eigenvalue weighted by Crippen LogP contribution is 2.22. The zero-order chi connectivity index (χ0) is 11.1. The first-order chi connectivity index (χ1) is 7.77. The predicted octanol–water partition coefficient (Wildman–Crippen LogP) is 0.763. The van der Waals surface area contributed by atoms with E-state index in [1.165, 1.54) is 5.57 Å². The van der Waals surface area contributed by atoms with E-state index < -0.39 is 6.10 Å². The minimum atomic E-state index is -0.576. The topological polar surface area (TPSA) is 45.5 Å². The van der Waals surface area contributed by atoms with E-state index in [-0.39, 0.29) is 0 Å². The summed E-state index contributed by atoms with van der Waals surface area (Å²) in [4.78, 5) is 8.75. The number of aliphatic hydroxyl groups is 1. The molecule has 0 saturated heterocycles. The Balaban J connectivity index is 2.38. The fraction of sp³-hybridized carbons (Fsp3) is 0.231. The smallest absolute Gasteiger partial charge is 0.0955 e. The van der Waals surface area contributed by atoms with Crippen molar-refractivity contribution < 1.29 is 5.11 Å². The first kappa shape index (κ1) is 9.48. The van der Waals surface area contributed by atoms with Gasteiger partial charge in [0.1, 0.15) is 0 Å². The fourth-order valence-corrected chi connectivity index (χ4v) is 2.16. The van der Waals surface area contributed by atoms with Crippen LogP contribution in [0.1, 0.15) is 25.1 Å². The molecule has 2 heterocycles. The lowest BCUT2D eigenvalue weighted by Crippen LogP contribution is -2.29. The Morgan fingerprint density at radius 2 is 2.31 bits per heavy atom. The molecule has 0 bridgehead atoms. The number of allylic oxidation sites excluding steroid dienone is 4. The summed E-state index contributed by atoms with van der Waals surface area (Å²) >= 11 is 0. The molecule has 16 heavy (non-hydrogen) atoms. The van der Waals surface area contributed by atoms with Crippen LogP contribution in [0.4, 0.5) is 0 Å². The van der Waals surface area contributed by atoms with Crippen molar-refractivity contribution in [3.63, 3.8) is 0 Å². The molecule has 3 nitrogen and oxygen atoms in total. The Labute approximate surface area is 93.2 Å². The lowest BCUT2D eigenvalue weighted by atomic mass is 10.0. The summed E-state index contributed by atoms with van der Waals surface area (Å²) < 4.78 is 0. The van der Waals surface area contributed by atoms with Crippen LogP contribution in [-0.2, 0) is 0 Å². The summed E-state index contributed by atoms with van der Waals surface area (Å²) in [5, 5.41) is 11.6. The normalized spacial score (nSPS) is 18.6. The molecule has 1 aromatic heterocycles. The minimum absolute atomic E-state index is 0.576. The fourth-order valence-electron chi connectivity index (χ4n) is 2.16. The molecule has 1 aliphatic carbocycles. The largest absolute Gasteiger partial charge is 0.387 e. The lowest BCUT2D eigenvalue weighted by molar-refractivity contribution is 0.192. The van der Waals surface area contributed by atoms with Gasteiger partial charge in [-0.2, -0.15) is 0 Å². The van der Waals surface area contributed by atoms with Gasteiger partial charge in [-0.05, 0) is 31.1 Å². The molecule has 3 rings (SSSR count). The minimum Gasteiger partial charge on any atom is -0.387 e. The van der Waals surface area contributed by atoms with Crippen LogP contribution in [0, 0.1) is 0 Å². The van der Waals surface area contributed by atoms with Gasteiger partial charge in [0.2, 0.25) is 0 Å². The van der Waals surface area contributed by atoms with E-state index in [0.29, 0.717) is 5.69 Å². The number of hydrogen-bond donors (Lipinski definition) is 1. The zero-order valence-corrected chi connectivity index (χ0v) is 9.01. The number of rotatable bonds is 1. The molecule has 0 radical (unpaired) electrons. The molecular weight excluding hydrogens is 200 g/mol. The molecular formula is C13H12N2O. The highest BCUT2D eigenvalue weighted by molar-refractivity contribution is 5.69. The average molecular weight is 212 g/mol. The van der Waals surface area contributed by atoms with Crippen molar-refractivity contribution in [1.29, 1.82) is 0 Å². The van der Waals surface area contributed by atoms with Crippen molar-refractivity contribution in [1.82, 2.24) is 4.98 Å². The van der Waals surface area contributed by atoms with Crippen LogP contribution < -0.4 is 10.6 Å². The van der Waals surface area contributed by atoms with Crippen molar-refractivity contribution in [2.75, 3.05) is 0 Å². The number of nitrogens with zero attached hydrogens (tertiary/aromatic N) is 2. The second kappa shape index (κ2) is 3.39. The Morgan fingerprint density at radius 3 is 3.12 bits per heavy atom. The predicted molar refractivity (Wildman–Crippen MR) is 60.9 cm³/mol. The van der Waals surface area contributed by atoms with E-state index in [0.717, 1.165) is 22.7 Å². The molecule has 0 fully saturated rings. The SMILES string of the molecule is CC(O)c1nccc2c1=NC1=CC=CCC=21. The van der Waals surface area contributed by atoms with Crippen LogP contribution >= 0.6 is 0 Å². The number of hydrogen-bond acceptors (Lipinski definition) is 3. The molecule has 1 aliphatic heterocycles. The summed E-state index contributed by atoms with van der Waals surface area (Å²) in [6.07, 6.45) is 8.21. The molecule has 1 aromatic rings. The molecule has 1 atom stereocenters. The number of aromatic nitrogens is 1. The van der Waals surface area contributed by atoms with Crippen LogP contribution in [0.15, 0.2) is 41.2 Å². The Hall–Kier alpha value is -1.74. The Bertz CT molecular complexity index is 624. The summed E-state index contributed by atoms with van der Waals surface area (Å²) in [5.41, 5.74) is 2.91. The summed E-state index contributed by atoms with van der Waals surface area (Å²) in [7, 11) is 0. The molecule has 0 spiro atoms. The second-order valence-electron chi connectivity index (χ2n) is 4.04. The van der Waals surface area contributed by atoms with Gasteiger partial charge in [0, 0.05) is 11.4 Å². The summed E-state index contributed by atoms with van der Waals surface area (Å²) in [6.45, 7) is 1.72. The van der Waals surface area contributed by atoms with Gasteiger partial charge in [0.15, 0.2) is 0 Å². The Kier molecular flexibility index (Phi) is 2.01. The van der Waals surface area contributed by atoms with Gasteiger partial charge >= 0.3 is 0 Å². The monoisotopic (exact) mass is 212 g/mol. The highest BCUT2D eigenvalue weighted by atomic mass is 16.3. The summed E-state index contributed by atoms with van der Waals surface area (Å²) in [5.74, 6) is 0. The third-order valence-corrected chi connectivity index (χ3v) is 2.93. The molecule has 1 N–H and O–H groups in total. The third kappa shape index (κ3) is 1.25. The molecule has 80 valence electrons. The lowest BCUT2D eigenvalue weighted by Gasteiger charge is -2.03. The van der Waals surface area contributed by atoms with Gasteiger partial charge in [-0.1, -0.05) is 12.2 Å². The number of fused-ring (bicyclic) bond motifs is 2. The van der Waals surface area contributed by atoms with Crippen molar-refractivity contribution in [2.24, 2.45) is 4.99 Å². The third-order valence-electron chi connectivity index (χ3n) is 2.93. The first-order valence-electron chi connectivity index (χ1n) is 5.39. The second-order valence-corrected chi connectivity index (χ2v) is 4.04. The van der Waals surface area contributed by atoms with Crippen LogP contribution in [0.25, 0.3) is 5.57 Å². The molecule has 0 aromatic carbocycles. The van der Waals surface area contributed by atoms with Crippen LogP contribution in [0.5, 0.6) is 0 Å². The molecule has 3 heteroatoms. The van der Waals surface area contributed by atoms with Gasteiger partial charge in [-0.25, -0.2) is 4.99 Å². The van der Waals surface area contributed by atoms with Crippen molar-refractivity contribution in [2.45, 2.75) is 19.4 Å². The highest BCUT2D eigenvalue weighted by Gasteiger charge is 2.17. The van der Waals surface area contributed by atoms with Gasteiger partial charge < -0.3 is 5.11 Å². The van der Waals surface area contributed by atoms with Crippen molar-refractivity contribution in [3.8, 4) is 0 Å². The maximum atomic E-state index is 9.65. The molecule has 0 amide bonds. The average Bonchev–Trinajstić information content (AvgIpc) is 2.67. The summed E-state index contributed by atoms with van der Waals surface area (Å²) in [6, 6.07) is 1.97. The molecule has 0 saturated carbocycles. The number of pyridine rings is 1. The van der Waals surface area contributed by atoms with Crippen molar-refractivity contribution >= 4 is 5.57 Å². The molecule has 2 aliphatic rings. The van der Waals surface area contributed by atoms with Crippen molar-refractivity contribution in [3.05, 3.63) is 52.5 Å². The van der Waals surface area contributed by atoms with Crippen LogP contribution in [0.2, 0.25) is 0 Å². The van der Waals surface area contributed by atoms with Gasteiger partial charge in [0.25, 0.3) is 0 Å². The van der Waals surface area contributed by atoms with E-state index >= 15 is 0 Å². The van der Waals surface area contributed by atoms with E-state index in [9.17, 15) is 5.11 Å².